The maximum absolute atomic E-state index is 12.7. The lowest BCUT2D eigenvalue weighted by molar-refractivity contribution is -0.127. The van der Waals surface area contributed by atoms with E-state index in [1.54, 1.807) is 12.0 Å². The smallest absolute Gasteiger partial charge is 0.227 e. The van der Waals surface area contributed by atoms with E-state index in [0.717, 1.165) is 37.2 Å². The second-order valence-electron chi connectivity index (χ2n) is 7.64. The average molecular weight is 359 g/mol. The van der Waals surface area contributed by atoms with Crippen molar-refractivity contribution in [1.29, 1.82) is 0 Å². The number of benzene rings is 1. The van der Waals surface area contributed by atoms with Gasteiger partial charge in [0.25, 0.3) is 0 Å². The van der Waals surface area contributed by atoms with Gasteiger partial charge in [0.1, 0.15) is 0 Å². The van der Waals surface area contributed by atoms with E-state index in [1.807, 2.05) is 31.2 Å². The number of amides is 2. The SMILES string of the molecule is COCC1(CNC(=O)C2CC(=O)N(c3ccc(C)cc3)C2)CCNCC1. The Morgan fingerprint density at radius 3 is 2.65 bits per heavy atom. The number of carbonyl (C=O) groups is 2. The number of aryl methyl sites for hydroxylation is 1. The van der Waals surface area contributed by atoms with E-state index in [2.05, 4.69) is 10.6 Å². The molecule has 1 aromatic rings. The molecule has 6 heteroatoms. The number of hydrogen-bond acceptors (Lipinski definition) is 4. The molecule has 0 aliphatic carbocycles. The first-order valence-corrected chi connectivity index (χ1v) is 9.37. The molecule has 3 rings (SSSR count). The van der Waals surface area contributed by atoms with E-state index >= 15 is 0 Å². The van der Waals surface area contributed by atoms with E-state index in [9.17, 15) is 9.59 Å². The third kappa shape index (κ3) is 4.24. The molecule has 2 saturated heterocycles. The molecule has 2 aliphatic heterocycles. The van der Waals surface area contributed by atoms with Gasteiger partial charge < -0.3 is 20.3 Å². The fourth-order valence-electron chi connectivity index (χ4n) is 3.91. The highest BCUT2D eigenvalue weighted by molar-refractivity contribution is 6.00. The summed E-state index contributed by atoms with van der Waals surface area (Å²) in [5.41, 5.74) is 2.01. The summed E-state index contributed by atoms with van der Waals surface area (Å²) in [5.74, 6) is -0.297. The number of nitrogens with one attached hydrogen (secondary N) is 2. The van der Waals surface area contributed by atoms with Crippen LogP contribution in [-0.2, 0) is 14.3 Å². The minimum Gasteiger partial charge on any atom is -0.384 e. The van der Waals surface area contributed by atoms with Crippen molar-refractivity contribution in [2.24, 2.45) is 11.3 Å². The van der Waals surface area contributed by atoms with Crippen molar-refractivity contribution in [2.75, 3.05) is 44.8 Å². The number of methoxy groups -OCH3 is 1. The van der Waals surface area contributed by atoms with Crippen molar-refractivity contribution in [3.63, 3.8) is 0 Å². The van der Waals surface area contributed by atoms with Crippen LogP contribution in [0.15, 0.2) is 24.3 Å². The van der Waals surface area contributed by atoms with E-state index < -0.39 is 0 Å². The molecule has 6 nitrogen and oxygen atoms in total. The predicted molar refractivity (Wildman–Crippen MR) is 101 cm³/mol. The van der Waals surface area contributed by atoms with Gasteiger partial charge >= 0.3 is 0 Å². The first-order chi connectivity index (χ1) is 12.5. The molecule has 0 saturated carbocycles. The highest BCUT2D eigenvalue weighted by Crippen LogP contribution is 2.29. The van der Waals surface area contributed by atoms with Gasteiger partial charge in [0, 0.05) is 37.7 Å². The van der Waals surface area contributed by atoms with Gasteiger partial charge in [0.15, 0.2) is 0 Å². The van der Waals surface area contributed by atoms with Crippen LogP contribution in [0.1, 0.15) is 24.8 Å². The molecule has 142 valence electrons. The number of nitrogens with zero attached hydrogens (tertiary/aromatic N) is 1. The summed E-state index contributed by atoms with van der Waals surface area (Å²) < 4.78 is 5.40. The summed E-state index contributed by atoms with van der Waals surface area (Å²) >= 11 is 0. The predicted octanol–water partition coefficient (Wildman–Crippen LogP) is 1.48. The summed E-state index contributed by atoms with van der Waals surface area (Å²) in [4.78, 5) is 26.7. The summed E-state index contributed by atoms with van der Waals surface area (Å²) in [6.07, 6.45) is 2.25. The standard InChI is InChI=1S/C20H29N3O3/c1-15-3-5-17(6-4-15)23-12-16(11-18(23)24)19(25)22-13-20(14-26-2)7-9-21-10-8-20/h3-6,16,21H,7-14H2,1-2H3,(H,22,25). The van der Waals surface area contributed by atoms with Crippen LogP contribution in [0.4, 0.5) is 5.69 Å². The number of anilines is 1. The van der Waals surface area contributed by atoms with Gasteiger partial charge in [-0.1, -0.05) is 17.7 Å². The quantitative estimate of drug-likeness (QED) is 0.807. The molecule has 2 heterocycles. The molecule has 1 atom stereocenters. The Morgan fingerprint density at radius 1 is 1.31 bits per heavy atom. The highest BCUT2D eigenvalue weighted by atomic mass is 16.5. The van der Waals surface area contributed by atoms with Gasteiger partial charge in [0.05, 0.1) is 12.5 Å². The Morgan fingerprint density at radius 2 is 2.00 bits per heavy atom. The van der Waals surface area contributed by atoms with Crippen molar-refractivity contribution < 1.29 is 14.3 Å². The minimum absolute atomic E-state index is 0.00504. The lowest BCUT2D eigenvalue weighted by Gasteiger charge is -2.37. The molecule has 0 spiro atoms. The third-order valence-electron chi connectivity index (χ3n) is 5.59. The van der Waals surface area contributed by atoms with Crippen LogP contribution in [-0.4, -0.2) is 51.7 Å². The molecular formula is C20H29N3O3. The first-order valence-electron chi connectivity index (χ1n) is 9.37. The van der Waals surface area contributed by atoms with Crippen molar-refractivity contribution >= 4 is 17.5 Å². The fourth-order valence-corrected chi connectivity index (χ4v) is 3.91. The van der Waals surface area contributed by atoms with E-state index in [1.165, 1.54) is 0 Å². The van der Waals surface area contributed by atoms with Gasteiger partial charge in [-0.15, -0.1) is 0 Å². The Hall–Kier alpha value is -1.92. The van der Waals surface area contributed by atoms with E-state index in [0.29, 0.717) is 19.7 Å². The number of ether oxygens (including phenoxy) is 1. The lowest BCUT2D eigenvalue weighted by Crippen LogP contribution is -2.48. The Bertz CT molecular complexity index is 633. The molecule has 2 aliphatic rings. The average Bonchev–Trinajstić information content (AvgIpc) is 3.03. The van der Waals surface area contributed by atoms with Crippen LogP contribution >= 0.6 is 0 Å². The second-order valence-corrected chi connectivity index (χ2v) is 7.64. The number of hydrogen-bond donors (Lipinski definition) is 2. The molecule has 0 aromatic heterocycles. The summed E-state index contributed by atoms with van der Waals surface area (Å²) in [7, 11) is 1.71. The van der Waals surface area contributed by atoms with Crippen LogP contribution in [0.25, 0.3) is 0 Å². The fraction of sp³-hybridized carbons (Fsp3) is 0.600. The van der Waals surface area contributed by atoms with Gasteiger partial charge in [-0.25, -0.2) is 0 Å². The minimum atomic E-state index is -0.287. The van der Waals surface area contributed by atoms with Gasteiger partial charge in [-0.3, -0.25) is 9.59 Å². The van der Waals surface area contributed by atoms with E-state index in [4.69, 9.17) is 4.74 Å². The second kappa shape index (κ2) is 8.18. The molecule has 0 radical (unpaired) electrons. The zero-order chi connectivity index (χ0) is 18.6. The molecule has 1 unspecified atom stereocenters. The molecule has 1 aromatic carbocycles. The Balaban J connectivity index is 1.58. The zero-order valence-electron chi connectivity index (χ0n) is 15.7. The summed E-state index contributed by atoms with van der Waals surface area (Å²) in [6, 6.07) is 7.86. The van der Waals surface area contributed by atoms with Gasteiger partial charge in [-0.2, -0.15) is 0 Å². The van der Waals surface area contributed by atoms with Crippen LogP contribution < -0.4 is 15.5 Å². The van der Waals surface area contributed by atoms with Crippen LogP contribution in [0.5, 0.6) is 0 Å². The maximum atomic E-state index is 12.7. The third-order valence-corrected chi connectivity index (χ3v) is 5.59. The zero-order valence-corrected chi connectivity index (χ0v) is 15.7. The van der Waals surface area contributed by atoms with Crippen molar-refractivity contribution in [2.45, 2.75) is 26.2 Å². The van der Waals surface area contributed by atoms with Crippen LogP contribution in [0.3, 0.4) is 0 Å². The van der Waals surface area contributed by atoms with Crippen molar-refractivity contribution in [3.05, 3.63) is 29.8 Å². The topological polar surface area (TPSA) is 70.7 Å². The Labute approximate surface area is 155 Å². The molecule has 2 N–H and O–H groups in total. The number of carbonyl (C=O) groups excluding carboxylic acids is 2. The Kier molecular flexibility index (Phi) is 5.94. The molecular weight excluding hydrogens is 330 g/mol. The molecule has 2 fully saturated rings. The molecule has 26 heavy (non-hydrogen) atoms. The number of piperidine rings is 1. The molecule has 2 amide bonds. The largest absolute Gasteiger partial charge is 0.384 e. The van der Waals surface area contributed by atoms with Crippen LogP contribution in [0, 0.1) is 18.3 Å². The van der Waals surface area contributed by atoms with Gasteiger partial charge in [0.2, 0.25) is 11.8 Å². The lowest BCUT2D eigenvalue weighted by atomic mass is 9.79. The monoisotopic (exact) mass is 359 g/mol. The first kappa shape index (κ1) is 18.9. The summed E-state index contributed by atoms with van der Waals surface area (Å²) in [5, 5.41) is 6.45. The highest BCUT2D eigenvalue weighted by Gasteiger charge is 2.37. The summed E-state index contributed by atoms with van der Waals surface area (Å²) in [6.45, 7) is 5.62. The van der Waals surface area contributed by atoms with E-state index in [-0.39, 0.29) is 29.6 Å². The molecule has 0 bridgehead atoms. The normalized spacial score (nSPS) is 22.5. The van der Waals surface area contributed by atoms with Gasteiger partial charge in [-0.05, 0) is 45.0 Å². The number of rotatable bonds is 6. The van der Waals surface area contributed by atoms with Crippen molar-refractivity contribution in [3.8, 4) is 0 Å². The van der Waals surface area contributed by atoms with Crippen molar-refractivity contribution in [1.82, 2.24) is 10.6 Å². The van der Waals surface area contributed by atoms with Crippen LogP contribution in [0.2, 0.25) is 0 Å². The maximum Gasteiger partial charge on any atom is 0.227 e.